The third-order valence-electron chi connectivity index (χ3n) is 1.48. The molecule has 66 valence electrons. The summed E-state index contributed by atoms with van der Waals surface area (Å²) in [5, 5.41) is 0. The molecule has 0 bridgehead atoms. The molecular formula is C8H16O3. The van der Waals surface area contributed by atoms with Gasteiger partial charge in [-0.05, 0) is 13.3 Å². The summed E-state index contributed by atoms with van der Waals surface area (Å²) in [6.45, 7) is 6.28. The van der Waals surface area contributed by atoms with E-state index >= 15 is 0 Å². The minimum Gasteiger partial charge on any atom is -0.371 e. The predicted octanol–water partition coefficient (Wildman–Crippen LogP) is 1.17. The van der Waals surface area contributed by atoms with E-state index in [2.05, 4.69) is 6.92 Å². The zero-order valence-electron chi connectivity index (χ0n) is 7.21. The van der Waals surface area contributed by atoms with Crippen molar-refractivity contribution in [2.75, 3.05) is 19.8 Å². The van der Waals surface area contributed by atoms with Crippen LogP contribution in [0.3, 0.4) is 0 Å². The van der Waals surface area contributed by atoms with Gasteiger partial charge in [0, 0.05) is 6.61 Å². The van der Waals surface area contributed by atoms with Crippen LogP contribution in [0.1, 0.15) is 20.3 Å². The molecule has 2 unspecified atom stereocenters. The monoisotopic (exact) mass is 160 g/mol. The number of hydrogen-bond donors (Lipinski definition) is 0. The Morgan fingerprint density at radius 3 is 2.82 bits per heavy atom. The summed E-state index contributed by atoms with van der Waals surface area (Å²) in [6.07, 6.45) is 1.29. The van der Waals surface area contributed by atoms with Crippen LogP contribution < -0.4 is 0 Å². The van der Waals surface area contributed by atoms with Gasteiger partial charge < -0.3 is 14.2 Å². The van der Waals surface area contributed by atoms with Crippen LogP contribution in [0, 0.1) is 0 Å². The maximum Gasteiger partial charge on any atom is 0.154 e. The fourth-order valence-electron chi connectivity index (χ4n) is 0.739. The molecule has 0 aromatic heterocycles. The molecule has 0 saturated carbocycles. The summed E-state index contributed by atoms with van der Waals surface area (Å²) in [4.78, 5) is 0. The highest BCUT2D eigenvalue weighted by atomic mass is 16.7. The van der Waals surface area contributed by atoms with E-state index in [1.807, 2.05) is 6.92 Å². The number of epoxide rings is 1. The molecule has 0 spiro atoms. The van der Waals surface area contributed by atoms with Crippen LogP contribution in [-0.4, -0.2) is 32.2 Å². The fourth-order valence-corrected chi connectivity index (χ4v) is 0.739. The van der Waals surface area contributed by atoms with E-state index in [0.717, 1.165) is 19.6 Å². The van der Waals surface area contributed by atoms with Crippen molar-refractivity contribution in [3.63, 3.8) is 0 Å². The SMILES string of the molecule is CCCOC(C)OCC1CO1. The normalized spacial score (nSPS) is 25.1. The van der Waals surface area contributed by atoms with Gasteiger partial charge in [-0.25, -0.2) is 0 Å². The standard InChI is InChI=1S/C8H16O3/c1-3-4-9-7(2)10-5-8-6-11-8/h7-8H,3-6H2,1-2H3. The van der Waals surface area contributed by atoms with Crippen LogP contribution in [0.5, 0.6) is 0 Å². The lowest BCUT2D eigenvalue weighted by atomic mass is 10.5. The summed E-state index contributed by atoms with van der Waals surface area (Å²) in [7, 11) is 0. The van der Waals surface area contributed by atoms with Gasteiger partial charge in [0.2, 0.25) is 0 Å². The first kappa shape index (κ1) is 8.97. The third-order valence-corrected chi connectivity index (χ3v) is 1.48. The summed E-state index contributed by atoms with van der Waals surface area (Å²) in [5.41, 5.74) is 0. The van der Waals surface area contributed by atoms with E-state index < -0.39 is 0 Å². The molecule has 0 aromatic carbocycles. The van der Waals surface area contributed by atoms with Gasteiger partial charge in [-0.2, -0.15) is 0 Å². The van der Waals surface area contributed by atoms with Gasteiger partial charge in [-0.1, -0.05) is 6.92 Å². The van der Waals surface area contributed by atoms with Gasteiger partial charge in [-0.15, -0.1) is 0 Å². The molecule has 1 fully saturated rings. The lowest BCUT2D eigenvalue weighted by Gasteiger charge is -2.11. The van der Waals surface area contributed by atoms with E-state index in [4.69, 9.17) is 14.2 Å². The second-order valence-corrected chi connectivity index (χ2v) is 2.73. The van der Waals surface area contributed by atoms with Crippen molar-refractivity contribution < 1.29 is 14.2 Å². The second kappa shape index (κ2) is 4.70. The summed E-state index contributed by atoms with van der Waals surface area (Å²) >= 11 is 0. The molecule has 1 heterocycles. The Balaban J connectivity index is 1.87. The molecule has 1 aliphatic rings. The number of hydrogen-bond acceptors (Lipinski definition) is 3. The Kier molecular flexibility index (Phi) is 3.83. The van der Waals surface area contributed by atoms with Gasteiger partial charge >= 0.3 is 0 Å². The quantitative estimate of drug-likeness (QED) is 0.432. The molecule has 0 aliphatic carbocycles. The van der Waals surface area contributed by atoms with Gasteiger partial charge in [-0.3, -0.25) is 0 Å². The van der Waals surface area contributed by atoms with Crippen LogP contribution in [-0.2, 0) is 14.2 Å². The van der Waals surface area contributed by atoms with Crippen molar-refractivity contribution in [3.05, 3.63) is 0 Å². The third kappa shape index (κ3) is 4.35. The van der Waals surface area contributed by atoms with Crippen molar-refractivity contribution in [2.24, 2.45) is 0 Å². The zero-order chi connectivity index (χ0) is 8.10. The van der Waals surface area contributed by atoms with Crippen LogP contribution in [0.2, 0.25) is 0 Å². The van der Waals surface area contributed by atoms with E-state index in [9.17, 15) is 0 Å². The van der Waals surface area contributed by atoms with Crippen molar-refractivity contribution in [1.82, 2.24) is 0 Å². The first-order chi connectivity index (χ1) is 5.33. The van der Waals surface area contributed by atoms with Crippen molar-refractivity contribution in [1.29, 1.82) is 0 Å². The van der Waals surface area contributed by atoms with Crippen LogP contribution in [0.15, 0.2) is 0 Å². The summed E-state index contributed by atoms with van der Waals surface area (Å²) in [5.74, 6) is 0. The van der Waals surface area contributed by atoms with E-state index in [1.54, 1.807) is 0 Å². The lowest BCUT2D eigenvalue weighted by molar-refractivity contribution is -0.132. The second-order valence-electron chi connectivity index (χ2n) is 2.73. The minimum atomic E-state index is -0.0841. The predicted molar refractivity (Wildman–Crippen MR) is 41.4 cm³/mol. The zero-order valence-corrected chi connectivity index (χ0v) is 7.21. The Labute approximate surface area is 67.6 Å². The molecule has 3 heteroatoms. The van der Waals surface area contributed by atoms with E-state index in [0.29, 0.717) is 12.7 Å². The average molecular weight is 160 g/mol. The van der Waals surface area contributed by atoms with Crippen molar-refractivity contribution in [2.45, 2.75) is 32.7 Å². The molecule has 0 N–H and O–H groups in total. The lowest BCUT2D eigenvalue weighted by Crippen LogP contribution is -2.16. The number of rotatable bonds is 6. The smallest absolute Gasteiger partial charge is 0.154 e. The largest absolute Gasteiger partial charge is 0.371 e. The average Bonchev–Trinajstić information content (AvgIpc) is 2.80. The molecular weight excluding hydrogens is 144 g/mol. The Hall–Kier alpha value is -0.120. The topological polar surface area (TPSA) is 31.0 Å². The molecule has 1 saturated heterocycles. The molecule has 0 radical (unpaired) electrons. The van der Waals surface area contributed by atoms with Crippen molar-refractivity contribution >= 4 is 0 Å². The minimum absolute atomic E-state index is 0.0841. The molecule has 11 heavy (non-hydrogen) atoms. The fraction of sp³-hybridized carbons (Fsp3) is 1.00. The van der Waals surface area contributed by atoms with Crippen molar-refractivity contribution in [3.8, 4) is 0 Å². The van der Waals surface area contributed by atoms with Gasteiger partial charge in [0.15, 0.2) is 6.29 Å². The van der Waals surface area contributed by atoms with Crippen LogP contribution >= 0.6 is 0 Å². The highest BCUT2D eigenvalue weighted by Crippen LogP contribution is 2.10. The van der Waals surface area contributed by atoms with E-state index in [1.165, 1.54) is 0 Å². The summed E-state index contributed by atoms with van der Waals surface area (Å²) < 4.78 is 15.6. The molecule has 3 nitrogen and oxygen atoms in total. The Bertz CT molecular complexity index is 102. The van der Waals surface area contributed by atoms with Crippen LogP contribution in [0.4, 0.5) is 0 Å². The number of ether oxygens (including phenoxy) is 3. The summed E-state index contributed by atoms with van der Waals surface area (Å²) in [6, 6.07) is 0. The molecule has 0 aromatic rings. The van der Waals surface area contributed by atoms with Gasteiger partial charge in [0.05, 0.1) is 13.2 Å². The van der Waals surface area contributed by atoms with E-state index in [-0.39, 0.29) is 6.29 Å². The highest BCUT2D eigenvalue weighted by Gasteiger charge is 2.23. The maximum absolute atomic E-state index is 5.32. The first-order valence-corrected chi connectivity index (χ1v) is 4.17. The Morgan fingerprint density at radius 2 is 2.27 bits per heavy atom. The molecule has 1 rings (SSSR count). The Morgan fingerprint density at radius 1 is 1.55 bits per heavy atom. The van der Waals surface area contributed by atoms with Gasteiger partial charge in [0.1, 0.15) is 6.10 Å². The molecule has 2 atom stereocenters. The molecule has 1 aliphatic heterocycles. The maximum atomic E-state index is 5.32. The molecule has 0 amide bonds. The van der Waals surface area contributed by atoms with Crippen LogP contribution in [0.25, 0.3) is 0 Å². The highest BCUT2D eigenvalue weighted by molar-refractivity contribution is 4.67. The van der Waals surface area contributed by atoms with Gasteiger partial charge in [0.25, 0.3) is 0 Å². The first-order valence-electron chi connectivity index (χ1n) is 4.17.